The molecule has 0 bridgehead atoms. The number of nitrogens with zero attached hydrogens (tertiary/aromatic N) is 1. The lowest BCUT2D eigenvalue weighted by molar-refractivity contribution is 0.0696. The Morgan fingerprint density at radius 1 is 1.50 bits per heavy atom. The first-order chi connectivity index (χ1) is 6.61. The Bertz CT molecular complexity index is 567. The van der Waals surface area contributed by atoms with Gasteiger partial charge in [0.15, 0.2) is 5.65 Å². The number of carbonyl (C=O) groups is 1. The second-order valence-electron chi connectivity index (χ2n) is 2.90. The summed E-state index contributed by atoms with van der Waals surface area (Å²) < 4.78 is 0. The van der Waals surface area contributed by atoms with E-state index in [2.05, 4.69) is 15.2 Å². The van der Waals surface area contributed by atoms with E-state index in [1.807, 2.05) is 0 Å². The first kappa shape index (κ1) is 8.49. The molecular formula is C8H7N3O3. The Kier molecular flexibility index (Phi) is 1.63. The van der Waals surface area contributed by atoms with Crippen molar-refractivity contribution < 1.29 is 9.90 Å². The zero-order valence-corrected chi connectivity index (χ0v) is 7.29. The molecule has 14 heavy (non-hydrogen) atoms. The van der Waals surface area contributed by atoms with E-state index in [0.29, 0.717) is 16.6 Å². The van der Waals surface area contributed by atoms with Gasteiger partial charge in [-0.25, -0.2) is 9.78 Å². The number of carboxylic acid groups (broad SMARTS) is 1. The summed E-state index contributed by atoms with van der Waals surface area (Å²) >= 11 is 0. The van der Waals surface area contributed by atoms with Crippen molar-refractivity contribution >= 4 is 17.0 Å². The highest BCUT2D eigenvalue weighted by atomic mass is 16.4. The molecule has 0 atom stereocenters. The van der Waals surface area contributed by atoms with E-state index >= 15 is 0 Å². The van der Waals surface area contributed by atoms with E-state index in [-0.39, 0.29) is 11.1 Å². The van der Waals surface area contributed by atoms with Gasteiger partial charge in [-0.15, -0.1) is 0 Å². The molecule has 2 aromatic rings. The Morgan fingerprint density at radius 3 is 2.86 bits per heavy atom. The minimum Gasteiger partial charge on any atom is -0.478 e. The molecule has 0 unspecified atom stereocenters. The smallest absolute Gasteiger partial charge is 0.337 e. The van der Waals surface area contributed by atoms with Crippen LogP contribution in [0, 0.1) is 6.92 Å². The molecule has 0 amide bonds. The third-order valence-electron chi connectivity index (χ3n) is 2.09. The standard InChI is InChI=1S/C8H7N3O3/c1-3-4(8(13)14)2-9-6-5(3)7(12)11-10-6/h2H,1H3,(H,13,14)(H2,9,10,11,12). The Morgan fingerprint density at radius 2 is 2.21 bits per heavy atom. The number of nitrogens with one attached hydrogen (secondary N) is 2. The van der Waals surface area contributed by atoms with Gasteiger partial charge in [0.25, 0.3) is 5.56 Å². The molecule has 0 fully saturated rings. The number of rotatable bonds is 1. The normalized spacial score (nSPS) is 10.6. The molecule has 0 aromatic carbocycles. The fourth-order valence-corrected chi connectivity index (χ4v) is 1.37. The minimum absolute atomic E-state index is 0.0441. The fourth-order valence-electron chi connectivity index (χ4n) is 1.37. The summed E-state index contributed by atoms with van der Waals surface area (Å²) in [5.41, 5.74) is 0.484. The van der Waals surface area contributed by atoms with Gasteiger partial charge in [-0.1, -0.05) is 0 Å². The van der Waals surface area contributed by atoms with Crippen molar-refractivity contribution in [2.24, 2.45) is 0 Å². The van der Waals surface area contributed by atoms with Crippen LogP contribution in [0.1, 0.15) is 15.9 Å². The lowest BCUT2D eigenvalue weighted by Gasteiger charge is -1.98. The molecule has 2 aromatic heterocycles. The highest BCUT2D eigenvalue weighted by Gasteiger charge is 2.13. The lowest BCUT2D eigenvalue weighted by Crippen LogP contribution is -2.05. The van der Waals surface area contributed by atoms with E-state index in [9.17, 15) is 9.59 Å². The maximum absolute atomic E-state index is 11.3. The number of hydrogen-bond donors (Lipinski definition) is 3. The number of aromatic amines is 2. The number of aromatic nitrogens is 3. The highest BCUT2D eigenvalue weighted by Crippen LogP contribution is 2.13. The van der Waals surface area contributed by atoms with Gasteiger partial charge in [0.2, 0.25) is 0 Å². The van der Waals surface area contributed by atoms with Gasteiger partial charge in [0.1, 0.15) is 0 Å². The second-order valence-corrected chi connectivity index (χ2v) is 2.90. The van der Waals surface area contributed by atoms with Crippen molar-refractivity contribution in [3.05, 3.63) is 27.7 Å². The van der Waals surface area contributed by atoms with Crippen LogP contribution in [0.5, 0.6) is 0 Å². The number of aromatic carboxylic acids is 1. The van der Waals surface area contributed by atoms with E-state index < -0.39 is 5.97 Å². The molecule has 0 aliphatic heterocycles. The molecule has 6 heteroatoms. The quantitative estimate of drug-likeness (QED) is 0.604. The van der Waals surface area contributed by atoms with E-state index in [0.717, 1.165) is 0 Å². The predicted octanol–water partition coefficient (Wildman–Crippen LogP) is 0.258. The monoisotopic (exact) mass is 193 g/mol. The topological polar surface area (TPSA) is 98.8 Å². The van der Waals surface area contributed by atoms with E-state index in [1.165, 1.54) is 6.20 Å². The Balaban J connectivity index is 2.93. The van der Waals surface area contributed by atoms with Crippen LogP contribution in [0.3, 0.4) is 0 Å². The first-order valence-electron chi connectivity index (χ1n) is 3.90. The second kappa shape index (κ2) is 2.69. The number of H-pyrrole nitrogens is 2. The van der Waals surface area contributed by atoms with Crippen molar-refractivity contribution in [3.8, 4) is 0 Å². The van der Waals surface area contributed by atoms with Crippen LogP contribution in [0.25, 0.3) is 11.0 Å². The molecule has 2 rings (SSSR count). The van der Waals surface area contributed by atoms with Crippen LogP contribution in [0.4, 0.5) is 0 Å². The molecule has 0 radical (unpaired) electrons. The van der Waals surface area contributed by atoms with Crippen LogP contribution < -0.4 is 5.56 Å². The largest absolute Gasteiger partial charge is 0.478 e. The maximum atomic E-state index is 11.3. The first-order valence-corrected chi connectivity index (χ1v) is 3.90. The number of carboxylic acids is 1. The van der Waals surface area contributed by atoms with Crippen molar-refractivity contribution in [2.45, 2.75) is 6.92 Å². The van der Waals surface area contributed by atoms with Gasteiger partial charge in [0.05, 0.1) is 10.9 Å². The number of aryl methyl sites for hydroxylation is 1. The van der Waals surface area contributed by atoms with Gasteiger partial charge in [0, 0.05) is 6.20 Å². The van der Waals surface area contributed by atoms with Gasteiger partial charge in [-0.2, -0.15) is 0 Å². The van der Waals surface area contributed by atoms with Crippen molar-refractivity contribution in [3.63, 3.8) is 0 Å². The lowest BCUT2D eigenvalue weighted by atomic mass is 10.1. The molecule has 0 aliphatic rings. The van der Waals surface area contributed by atoms with Crippen LogP contribution in [-0.2, 0) is 0 Å². The molecule has 3 N–H and O–H groups in total. The summed E-state index contributed by atoms with van der Waals surface area (Å²) in [5, 5.41) is 14.0. The summed E-state index contributed by atoms with van der Waals surface area (Å²) in [6, 6.07) is 0. The van der Waals surface area contributed by atoms with Crippen LogP contribution in [0.2, 0.25) is 0 Å². The SMILES string of the molecule is Cc1c(C(=O)O)cnc2[nH][nH]c(=O)c12. The molecule has 0 saturated carbocycles. The molecule has 72 valence electrons. The molecule has 0 saturated heterocycles. The molecule has 2 heterocycles. The van der Waals surface area contributed by atoms with Gasteiger partial charge < -0.3 is 5.11 Å². The van der Waals surface area contributed by atoms with Crippen molar-refractivity contribution in [1.82, 2.24) is 15.2 Å². The Labute approximate surface area is 77.6 Å². The van der Waals surface area contributed by atoms with Gasteiger partial charge >= 0.3 is 5.97 Å². The third kappa shape index (κ3) is 1.00. The van der Waals surface area contributed by atoms with Crippen LogP contribution in [-0.4, -0.2) is 26.3 Å². The zero-order valence-electron chi connectivity index (χ0n) is 7.29. The number of hydrogen-bond acceptors (Lipinski definition) is 3. The average molecular weight is 193 g/mol. The summed E-state index contributed by atoms with van der Waals surface area (Å²) in [4.78, 5) is 25.8. The van der Waals surface area contributed by atoms with Gasteiger partial charge in [-0.05, 0) is 12.5 Å². The highest BCUT2D eigenvalue weighted by molar-refractivity contribution is 5.94. The summed E-state index contributed by atoms with van der Waals surface area (Å²) in [7, 11) is 0. The minimum atomic E-state index is -1.09. The van der Waals surface area contributed by atoms with Crippen molar-refractivity contribution in [2.75, 3.05) is 0 Å². The molecule has 0 spiro atoms. The maximum Gasteiger partial charge on any atom is 0.337 e. The number of pyridine rings is 1. The van der Waals surface area contributed by atoms with E-state index in [4.69, 9.17) is 5.11 Å². The molecule has 6 nitrogen and oxygen atoms in total. The molecule has 0 aliphatic carbocycles. The summed E-state index contributed by atoms with van der Waals surface area (Å²) in [6.07, 6.45) is 1.23. The van der Waals surface area contributed by atoms with E-state index in [1.54, 1.807) is 6.92 Å². The average Bonchev–Trinajstić information content (AvgIpc) is 2.48. The van der Waals surface area contributed by atoms with Crippen molar-refractivity contribution in [1.29, 1.82) is 0 Å². The Hall–Kier alpha value is -2.11. The fraction of sp³-hybridized carbons (Fsp3) is 0.125. The molecular weight excluding hydrogens is 186 g/mol. The predicted molar refractivity (Wildman–Crippen MR) is 48.4 cm³/mol. The summed E-state index contributed by atoms with van der Waals surface area (Å²) in [6.45, 7) is 1.58. The zero-order chi connectivity index (χ0) is 10.3. The van der Waals surface area contributed by atoms with Gasteiger partial charge in [-0.3, -0.25) is 15.0 Å². The van der Waals surface area contributed by atoms with Crippen LogP contribution in [0.15, 0.2) is 11.0 Å². The summed E-state index contributed by atoms with van der Waals surface area (Å²) in [5.74, 6) is -1.09. The third-order valence-corrected chi connectivity index (χ3v) is 2.09. The van der Waals surface area contributed by atoms with Crippen LogP contribution >= 0.6 is 0 Å². The number of fused-ring (bicyclic) bond motifs is 1.